The maximum Gasteiger partial charge on any atom is 0.264 e. The van der Waals surface area contributed by atoms with E-state index in [4.69, 9.17) is 0 Å². The third-order valence-electron chi connectivity index (χ3n) is 4.44. The highest BCUT2D eigenvalue weighted by molar-refractivity contribution is 7.13. The molecule has 1 amide bonds. The fraction of sp³-hybridized carbons (Fsp3) is 0.471. The SMILES string of the molecule is O=C(NCCN1CCCCC1CO)c1cnc(-c2cccs2)[nH]c1=O. The zero-order chi connectivity index (χ0) is 17.6. The maximum atomic E-state index is 12.2. The van der Waals surface area contributed by atoms with Crippen LogP contribution in [0.15, 0.2) is 28.5 Å². The molecule has 0 aromatic carbocycles. The number of aliphatic hydroxyl groups is 1. The number of likely N-dealkylation sites (tertiary alicyclic amines) is 1. The summed E-state index contributed by atoms with van der Waals surface area (Å²) in [6.07, 6.45) is 4.54. The Morgan fingerprint density at radius 1 is 1.48 bits per heavy atom. The number of aromatic amines is 1. The minimum atomic E-state index is -0.442. The minimum Gasteiger partial charge on any atom is -0.395 e. The van der Waals surface area contributed by atoms with Crippen LogP contribution in [0.2, 0.25) is 0 Å². The van der Waals surface area contributed by atoms with Crippen molar-refractivity contribution < 1.29 is 9.90 Å². The number of nitrogens with one attached hydrogen (secondary N) is 2. The van der Waals surface area contributed by atoms with Crippen LogP contribution >= 0.6 is 11.3 Å². The second kappa shape index (κ2) is 8.37. The largest absolute Gasteiger partial charge is 0.395 e. The molecule has 7 nitrogen and oxygen atoms in total. The van der Waals surface area contributed by atoms with Crippen LogP contribution in [0.3, 0.4) is 0 Å². The molecule has 3 N–H and O–H groups in total. The van der Waals surface area contributed by atoms with Gasteiger partial charge in [0.15, 0.2) is 0 Å². The molecule has 1 fully saturated rings. The molecule has 3 heterocycles. The Balaban J connectivity index is 1.57. The van der Waals surface area contributed by atoms with E-state index in [1.807, 2.05) is 17.5 Å². The Labute approximate surface area is 149 Å². The van der Waals surface area contributed by atoms with Gasteiger partial charge in [0.25, 0.3) is 11.5 Å². The van der Waals surface area contributed by atoms with E-state index in [2.05, 4.69) is 20.2 Å². The molecule has 0 bridgehead atoms. The molecule has 0 spiro atoms. The Hall–Kier alpha value is -2.03. The predicted octanol–water partition coefficient (Wildman–Crippen LogP) is 1.07. The molecule has 1 atom stereocenters. The fourth-order valence-electron chi connectivity index (χ4n) is 3.06. The first-order valence-corrected chi connectivity index (χ1v) is 9.33. The van der Waals surface area contributed by atoms with Crippen molar-refractivity contribution in [1.29, 1.82) is 0 Å². The summed E-state index contributed by atoms with van der Waals surface area (Å²) in [4.78, 5) is 34.2. The highest BCUT2D eigenvalue weighted by Crippen LogP contribution is 2.19. The Kier molecular flexibility index (Phi) is 5.95. The molecular weight excluding hydrogens is 340 g/mol. The summed E-state index contributed by atoms with van der Waals surface area (Å²) in [5.74, 6) is 0.0414. The number of carbonyl (C=O) groups is 1. The summed E-state index contributed by atoms with van der Waals surface area (Å²) in [5, 5.41) is 14.1. The molecular formula is C17H22N4O3S. The van der Waals surface area contributed by atoms with Crippen LogP contribution in [0.5, 0.6) is 0 Å². The number of hydrogen-bond donors (Lipinski definition) is 3. The van der Waals surface area contributed by atoms with Crippen molar-refractivity contribution in [3.63, 3.8) is 0 Å². The van der Waals surface area contributed by atoms with Gasteiger partial charge in [-0.15, -0.1) is 11.3 Å². The molecule has 1 aliphatic rings. The van der Waals surface area contributed by atoms with E-state index in [1.165, 1.54) is 17.5 Å². The lowest BCUT2D eigenvalue weighted by atomic mass is 10.0. The number of carbonyl (C=O) groups excluding carboxylic acids is 1. The zero-order valence-corrected chi connectivity index (χ0v) is 14.7. The van der Waals surface area contributed by atoms with Crippen LogP contribution in [0.4, 0.5) is 0 Å². The van der Waals surface area contributed by atoms with E-state index in [-0.39, 0.29) is 18.2 Å². The van der Waals surface area contributed by atoms with Gasteiger partial charge in [-0.05, 0) is 30.8 Å². The van der Waals surface area contributed by atoms with Crippen LogP contribution in [-0.4, -0.2) is 58.2 Å². The molecule has 25 heavy (non-hydrogen) atoms. The number of H-pyrrole nitrogens is 1. The Bertz CT molecular complexity index is 760. The Morgan fingerprint density at radius 2 is 2.36 bits per heavy atom. The van der Waals surface area contributed by atoms with Gasteiger partial charge in [-0.3, -0.25) is 14.5 Å². The molecule has 2 aromatic rings. The van der Waals surface area contributed by atoms with Crippen molar-refractivity contribution in [2.45, 2.75) is 25.3 Å². The first-order valence-electron chi connectivity index (χ1n) is 8.45. The van der Waals surface area contributed by atoms with E-state index in [9.17, 15) is 14.7 Å². The monoisotopic (exact) mass is 362 g/mol. The third kappa shape index (κ3) is 4.33. The summed E-state index contributed by atoms with van der Waals surface area (Å²) in [6, 6.07) is 3.90. The van der Waals surface area contributed by atoms with Gasteiger partial charge in [0.05, 0.1) is 11.5 Å². The van der Waals surface area contributed by atoms with Crippen molar-refractivity contribution in [2.75, 3.05) is 26.2 Å². The van der Waals surface area contributed by atoms with Gasteiger partial charge < -0.3 is 15.4 Å². The second-order valence-corrected chi connectivity index (χ2v) is 7.02. The first-order chi connectivity index (χ1) is 12.2. The van der Waals surface area contributed by atoms with E-state index in [0.717, 1.165) is 30.7 Å². The quantitative estimate of drug-likeness (QED) is 0.714. The van der Waals surface area contributed by atoms with Gasteiger partial charge in [0.2, 0.25) is 0 Å². The zero-order valence-electron chi connectivity index (χ0n) is 13.9. The molecule has 1 unspecified atom stereocenters. The summed E-state index contributed by atoms with van der Waals surface area (Å²) in [7, 11) is 0. The smallest absolute Gasteiger partial charge is 0.264 e. The Morgan fingerprint density at radius 3 is 3.08 bits per heavy atom. The van der Waals surface area contributed by atoms with E-state index < -0.39 is 11.5 Å². The molecule has 3 rings (SSSR count). The van der Waals surface area contributed by atoms with Crippen molar-refractivity contribution >= 4 is 17.2 Å². The molecule has 134 valence electrons. The van der Waals surface area contributed by atoms with Gasteiger partial charge >= 0.3 is 0 Å². The van der Waals surface area contributed by atoms with E-state index in [1.54, 1.807) is 0 Å². The van der Waals surface area contributed by atoms with Crippen molar-refractivity contribution in [3.05, 3.63) is 39.6 Å². The van der Waals surface area contributed by atoms with Crippen LogP contribution in [0, 0.1) is 0 Å². The van der Waals surface area contributed by atoms with Crippen molar-refractivity contribution in [2.24, 2.45) is 0 Å². The second-order valence-electron chi connectivity index (χ2n) is 6.08. The summed E-state index contributed by atoms with van der Waals surface area (Å²) in [6.45, 7) is 2.16. The lowest BCUT2D eigenvalue weighted by Gasteiger charge is -2.34. The molecule has 2 aromatic heterocycles. The molecule has 0 radical (unpaired) electrons. The molecule has 0 saturated carbocycles. The number of amides is 1. The first kappa shape index (κ1) is 17.8. The van der Waals surface area contributed by atoms with Crippen LogP contribution in [0.25, 0.3) is 10.7 Å². The van der Waals surface area contributed by atoms with Crippen LogP contribution < -0.4 is 10.9 Å². The summed E-state index contributed by atoms with van der Waals surface area (Å²) >= 11 is 1.47. The molecule has 1 saturated heterocycles. The highest BCUT2D eigenvalue weighted by atomic mass is 32.1. The molecule has 8 heteroatoms. The minimum absolute atomic E-state index is 0.0117. The number of rotatable bonds is 6. The van der Waals surface area contributed by atoms with Gasteiger partial charge in [-0.1, -0.05) is 12.5 Å². The standard InChI is InChI=1S/C17H22N4O3S/c22-11-12-4-1-2-7-21(12)8-6-18-16(23)13-10-19-15(20-17(13)24)14-5-3-9-25-14/h3,5,9-10,12,22H,1-2,4,6-8,11H2,(H,18,23)(H,19,20,24). The number of piperidine rings is 1. The van der Waals surface area contributed by atoms with Gasteiger partial charge in [-0.2, -0.15) is 0 Å². The van der Waals surface area contributed by atoms with Gasteiger partial charge in [0.1, 0.15) is 11.4 Å². The van der Waals surface area contributed by atoms with Crippen molar-refractivity contribution in [3.8, 4) is 10.7 Å². The molecule has 0 aliphatic carbocycles. The average Bonchev–Trinajstić information content (AvgIpc) is 3.16. The summed E-state index contributed by atoms with van der Waals surface area (Å²) < 4.78 is 0. The number of thiophene rings is 1. The molecule has 1 aliphatic heterocycles. The summed E-state index contributed by atoms with van der Waals surface area (Å²) in [5.41, 5.74) is -0.431. The number of aromatic nitrogens is 2. The third-order valence-corrected chi connectivity index (χ3v) is 5.32. The highest BCUT2D eigenvalue weighted by Gasteiger charge is 2.21. The van der Waals surface area contributed by atoms with Crippen LogP contribution in [0.1, 0.15) is 29.6 Å². The lowest BCUT2D eigenvalue weighted by Crippen LogP contribution is -2.45. The van der Waals surface area contributed by atoms with E-state index >= 15 is 0 Å². The van der Waals surface area contributed by atoms with Crippen molar-refractivity contribution in [1.82, 2.24) is 20.2 Å². The topological polar surface area (TPSA) is 98.3 Å². The number of nitrogens with zero attached hydrogens (tertiary/aromatic N) is 2. The lowest BCUT2D eigenvalue weighted by molar-refractivity contribution is 0.0848. The van der Waals surface area contributed by atoms with E-state index in [0.29, 0.717) is 18.9 Å². The van der Waals surface area contributed by atoms with Gasteiger partial charge in [0, 0.05) is 25.3 Å². The normalized spacial score (nSPS) is 18.2. The van der Waals surface area contributed by atoms with Crippen LogP contribution in [-0.2, 0) is 0 Å². The maximum absolute atomic E-state index is 12.2. The predicted molar refractivity (Wildman–Crippen MR) is 96.8 cm³/mol. The number of hydrogen-bond acceptors (Lipinski definition) is 6. The average molecular weight is 362 g/mol. The number of aliphatic hydroxyl groups excluding tert-OH is 1. The fourth-order valence-corrected chi connectivity index (χ4v) is 3.74. The van der Waals surface area contributed by atoms with Gasteiger partial charge in [-0.25, -0.2) is 4.98 Å².